The lowest BCUT2D eigenvalue weighted by Crippen LogP contribution is -2.39. The van der Waals surface area contributed by atoms with Gasteiger partial charge >= 0.3 is 0 Å². The minimum absolute atomic E-state index is 0.221. The highest BCUT2D eigenvalue weighted by atomic mass is 16.5. The van der Waals surface area contributed by atoms with Gasteiger partial charge < -0.3 is 10.1 Å². The Bertz CT molecular complexity index is 361. The normalized spacial score (nSPS) is 18.2. The van der Waals surface area contributed by atoms with Gasteiger partial charge in [-0.25, -0.2) is 0 Å². The van der Waals surface area contributed by atoms with E-state index in [9.17, 15) is 0 Å². The Labute approximate surface area is 117 Å². The van der Waals surface area contributed by atoms with E-state index in [2.05, 4.69) is 49.5 Å². The SMILES string of the molecule is CCOCCC(CC)(CNC1CC1)c1ccccc1. The maximum Gasteiger partial charge on any atom is 0.0474 e. The largest absolute Gasteiger partial charge is 0.382 e. The first kappa shape index (κ1) is 14.5. The van der Waals surface area contributed by atoms with Crippen molar-refractivity contribution in [3.63, 3.8) is 0 Å². The molecule has 2 rings (SSSR count). The molecule has 1 aliphatic rings. The van der Waals surface area contributed by atoms with E-state index < -0.39 is 0 Å². The molecule has 0 aromatic heterocycles. The molecule has 1 aromatic carbocycles. The van der Waals surface area contributed by atoms with Crippen LogP contribution in [0.25, 0.3) is 0 Å². The fourth-order valence-corrected chi connectivity index (χ4v) is 2.67. The van der Waals surface area contributed by atoms with Crippen molar-refractivity contribution in [3.05, 3.63) is 35.9 Å². The number of benzene rings is 1. The smallest absolute Gasteiger partial charge is 0.0474 e. The van der Waals surface area contributed by atoms with Gasteiger partial charge in [-0.05, 0) is 38.2 Å². The van der Waals surface area contributed by atoms with Crippen LogP contribution in [0.5, 0.6) is 0 Å². The highest BCUT2D eigenvalue weighted by Crippen LogP contribution is 2.32. The monoisotopic (exact) mass is 261 g/mol. The summed E-state index contributed by atoms with van der Waals surface area (Å²) < 4.78 is 5.61. The highest BCUT2D eigenvalue weighted by Gasteiger charge is 2.32. The molecule has 1 N–H and O–H groups in total. The third kappa shape index (κ3) is 4.05. The maximum atomic E-state index is 5.61. The molecule has 0 spiro atoms. The van der Waals surface area contributed by atoms with Crippen LogP contribution in [-0.4, -0.2) is 25.8 Å². The van der Waals surface area contributed by atoms with E-state index in [-0.39, 0.29) is 5.41 Å². The lowest BCUT2D eigenvalue weighted by Gasteiger charge is -2.34. The molecule has 1 fully saturated rings. The highest BCUT2D eigenvalue weighted by molar-refractivity contribution is 5.26. The molecule has 19 heavy (non-hydrogen) atoms. The van der Waals surface area contributed by atoms with Crippen molar-refractivity contribution in [2.45, 2.75) is 51.0 Å². The van der Waals surface area contributed by atoms with Gasteiger partial charge in [-0.3, -0.25) is 0 Å². The molecule has 0 aliphatic heterocycles. The van der Waals surface area contributed by atoms with E-state index in [4.69, 9.17) is 4.74 Å². The maximum absolute atomic E-state index is 5.61. The molecule has 1 atom stereocenters. The number of ether oxygens (including phenoxy) is 1. The molecule has 1 aromatic rings. The first-order chi connectivity index (χ1) is 9.30. The number of hydrogen-bond donors (Lipinski definition) is 1. The fraction of sp³-hybridized carbons (Fsp3) is 0.647. The van der Waals surface area contributed by atoms with Crippen LogP contribution in [0.15, 0.2) is 30.3 Å². The summed E-state index contributed by atoms with van der Waals surface area (Å²) in [4.78, 5) is 0. The summed E-state index contributed by atoms with van der Waals surface area (Å²) in [6.45, 7) is 7.10. The molecular weight excluding hydrogens is 234 g/mol. The van der Waals surface area contributed by atoms with Crippen LogP contribution in [0.2, 0.25) is 0 Å². The average Bonchev–Trinajstić information content (AvgIpc) is 3.28. The van der Waals surface area contributed by atoms with Gasteiger partial charge in [0.05, 0.1) is 0 Å². The third-order valence-corrected chi connectivity index (χ3v) is 4.30. The summed E-state index contributed by atoms with van der Waals surface area (Å²) >= 11 is 0. The van der Waals surface area contributed by atoms with Crippen molar-refractivity contribution < 1.29 is 4.74 Å². The molecule has 0 amide bonds. The van der Waals surface area contributed by atoms with E-state index in [0.717, 1.165) is 38.6 Å². The van der Waals surface area contributed by atoms with Gasteiger partial charge in [-0.1, -0.05) is 37.3 Å². The lowest BCUT2D eigenvalue weighted by atomic mass is 9.75. The minimum Gasteiger partial charge on any atom is -0.382 e. The number of hydrogen-bond acceptors (Lipinski definition) is 2. The van der Waals surface area contributed by atoms with Crippen LogP contribution in [-0.2, 0) is 10.2 Å². The summed E-state index contributed by atoms with van der Waals surface area (Å²) in [6, 6.07) is 11.7. The van der Waals surface area contributed by atoms with Crippen LogP contribution < -0.4 is 5.32 Å². The minimum atomic E-state index is 0.221. The summed E-state index contributed by atoms with van der Waals surface area (Å²) in [5.74, 6) is 0. The Hall–Kier alpha value is -0.860. The van der Waals surface area contributed by atoms with Crippen molar-refractivity contribution in [2.75, 3.05) is 19.8 Å². The molecule has 0 radical (unpaired) electrons. The van der Waals surface area contributed by atoms with Crippen LogP contribution in [0.1, 0.15) is 45.1 Å². The Balaban J connectivity index is 2.08. The van der Waals surface area contributed by atoms with E-state index in [1.54, 1.807) is 0 Å². The predicted molar refractivity (Wildman–Crippen MR) is 80.5 cm³/mol. The molecule has 1 unspecified atom stereocenters. The van der Waals surface area contributed by atoms with E-state index in [1.165, 1.54) is 18.4 Å². The van der Waals surface area contributed by atoms with Gasteiger partial charge in [0.25, 0.3) is 0 Å². The van der Waals surface area contributed by atoms with E-state index in [0.29, 0.717) is 0 Å². The van der Waals surface area contributed by atoms with Gasteiger partial charge in [0.15, 0.2) is 0 Å². The van der Waals surface area contributed by atoms with Crippen molar-refractivity contribution in [1.82, 2.24) is 5.32 Å². The zero-order chi connectivity index (χ0) is 13.6. The second kappa shape index (κ2) is 7.06. The van der Waals surface area contributed by atoms with Gasteiger partial charge in [0.2, 0.25) is 0 Å². The van der Waals surface area contributed by atoms with E-state index >= 15 is 0 Å². The molecule has 2 heteroatoms. The Kier molecular flexibility index (Phi) is 5.41. The average molecular weight is 261 g/mol. The van der Waals surface area contributed by atoms with Crippen LogP contribution in [0.3, 0.4) is 0 Å². The van der Waals surface area contributed by atoms with Crippen molar-refractivity contribution in [1.29, 1.82) is 0 Å². The molecule has 0 heterocycles. The predicted octanol–water partition coefficient (Wildman–Crippen LogP) is 3.51. The summed E-state index contributed by atoms with van der Waals surface area (Å²) in [6.07, 6.45) is 4.95. The van der Waals surface area contributed by atoms with Crippen LogP contribution >= 0.6 is 0 Å². The first-order valence-electron chi connectivity index (χ1n) is 7.67. The topological polar surface area (TPSA) is 21.3 Å². The molecule has 0 bridgehead atoms. The Morgan fingerprint density at radius 1 is 1.21 bits per heavy atom. The zero-order valence-electron chi connectivity index (χ0n) is 12.3. The number of rotatable bonds is 9. The molecule has 2 nitrogen and oxygen atoms in total. The second-order valence-corrected chi connectivity index (χ2v) is 5.60. The van der Waals surface area contributed by atoms with Gasteiger partial charge in [-0.15, -0.1) is 0 Å². The van der Waals surface area contributed by atoms with Crippen LogP contribution in [0.4, 0.5) is 0 Å². The third-order valence-electron chi connectivity index (χ3n) is 4.30. The van der Waals surface area contributed by atoms with Gasteiger partial charge in [-0.2, -0.15) is 0 Å². The fourth-order valence-electron chi connectivity index (χ4n) is 2.67. The van der Waals surface area contributed by atoms with Crippen molar-refractivity contribution in [2.24, 2.45) is 0 Å². The van der Waals surface area contributed by atoms with E-state index in [1.807, 2.05) is 0 Å². The zero-order valence-corrected chi connectivity index (χ0v) is 12.3. The first-order valence-corrected chi connectivity index (χ1v) is 7.67. The molecular formula is C17H27NO. The summed E-state index contributed by atoms with van der Waals surface area (Å²) in [7, 11) is 0. The lowest BCUT2D eigenvalue weighted by molar-refractivity contribution is 0.122. The molecule has 0 saturated heterocycles. The summed E-state index contributed by atoms with van der Waals surface area (Å²) in [5, 5.41) is 3.72. The Morgan fingerprint density at radius 2 is 1.95 bits per heavy atom. The van der Waals surface area contributed by atoms with Crippen molar-refractivity contribution >= 4 is 0 Å². The number of nitrogens with one attached hydrogen (secondary N) is 1. The van der Waals surface area contributed by atoms with Crippen molar-refractivity contribution in [3.8, 4) is 0 Å². The van der Waals surface area contributed by atoms with Crippen LogP contribution in [0, 0.1) is 0 Å². The summed E-state index contributed by atoms with van der Waals surface area (Å²) in [5.41, 5.74) is 1.67. The molecule has 1 aliphatic carbocycles. The second-order valence-electron chi connectivity index (χ2n) is 5.60. The molecule has 1 saturated carbocycles. The standard InChI is InChI=1S/C17H27NO/c1-3-17(12-13-19-4-2,14-18-16-10-11-16)15-8-6-5-7-9-15/h5-9,16,18H,3-4,10-14H2,1-2H3. The van der Waals surface area contributed by atoms with Gasteiger partial charge in [0.1, 0.15) is 0 Å². The Morgan fingerprint density at radius 3 is 2.53 bits per heavy atom. The quantitative estimate of drug-likeness (QED) is 0.687. The van der Waals surface area contributed by atoms with Gasteiger partial charge in [0, 0.05) is 31.2 Å². The molecule has 106 valence electrons.